The van der Waals surface area contributed by atoms with Gasteiger partial charge in [0, 0.05) is 21.3 Å². The van der Waals surface area contributed by atoms with Crippen LogP contribution < -0.4 is 5.73 Å². The molecule has 0 aliphatic carbocycles. The predicted molar refractivity (Wildman–Crippen MR) is 76.1 cm³/mol. The van der Waals surface area contributed by atoms with Gasteiger partial charge in [-0.3, -0.25) is 4.79 Å². The number of anilines is 1. The molecule has 2 N–H and O–H groups in total. The van der Waals surface area contributed by atoms with Crippen LogP contribution in [0, 0.1) is 5.82 Å². The number of carbonyl (C=O) groups excluding carboxylic acids is 1. The van der Waals surface area contributed by atoms with Crippen LogP contribution in [-0.2, 0) is 0 Å². The number of ketones is 1. The lowest BCUT2D eigenvalue weighted by molar-refractivity contribution is 0.103. The van der Waals surface area contributed by atoms with Gasteiger partial charge in [-0.1, -0.05) is 6.07 Å². The minimum absolute atomic E-state index is 0.165. The van der Waals surface area contributed by atoms with Gasteiger partial charge in [0.15, 0.2) is 5.78 Å². The Labute approximate surface area is 120 Å². The molecule has 0 fully saturated rings. The Balaban J connectivity index is 2.51. The number of hydrogen-bond acceptors (Lipinski definition) is 2. The Bertz CT molecular complexity index is 628. The summed E-state index contributed by atoms with van der Waals surface area (Å²) >= 11 is 6.36. The van der Waals surface area contributed by atoms with Gasteiger partial charge in [-0.05, 0) is 62.2 Å². The lowest BCUT2D eigenvalue weighted by Crippen LogP contribution is -2.04. The van der Waals surface area contributed by atoms with E-state index in [1.54, 1.807) is 24.3 Å². The van der Waals surface area contributed by atoms with Crippen molar-refractivity contribution in [3.8, 4) is 0 Å². The van der Waals surface area contributed by atoms with Crippen molar-refractivity contribution < 1.29 is 9.18 Å². The highest BCUT2D eigenvalue weighted by Crippen LogP contribution is 2.27. The average Bonchev–Trinajstić information content (AvgIpc) is 2.32. The average molecular weight is 373 g/mol. The summed E-state index contributed by atoms with van der Waals surface area (Å²) in [4.78, 5) is 12.3. The monoisotopic (exact) mass is 371 g/mol. The van der Waals surface area contributed by atoms with Crippen LogP contribution in [0.15, 0.2) is 45.3 Å². The Morgan fingerprint density at radius 3 is 2.50 bits per heavy atom. The summed E-state index contributed by atoms with van der Waals surface area (Å²) in [5.74, 6) is -0.735. The highest BCUT2D eigenvalue weighted by atomic mass is 79.9. The van der Waals surface area contributed by atoms with Gasteiger partial charge in [0.2, 0.25) is 0 Å². The Morgan fingerprint density at radius 1 is 1.11 bits per heavy atom. The molecule has 0 amide bonds. The zero-order chi connectivity index (χ0) is 13.3. The van der Waals surface area contributed by atoms with Gasteiger partial charge in [-0.2, -0.15) is 0 Å². The molecular weight excluding hydrogens is 365 g/mol. The minimum Gasteiger partial charge on any atom is -0.399 e. The van der Waals surface area contributed by atoms with Crippen molar-refractivity contribution in [3.05, 3.63) is 62.3 Å². The van der Waals surface area contributed by atoms with E-state index in [0.717, 1.165) is 0 Å². The van der Waals surface area contributed by atoms with Crippen molar-refractivity contribution in [2.75, 3.05) is 5.73 Å². The Morgan fingerprint density at radius 2 is 1.83 bits per heavy atom. The van der Waals surface area contributed by atoms with Gasteiger partial charge in [0.05, 0.1) is 4.47 Å². The van der Waals surface area contributed by atoms with Crippen LogP contribution in [0.25, 0.3) is 0 Å². The molecule has 92 valence electrons. The minimum atomic E-state index is -0.465. The van der Waals surface area contributed by atoms with Crippen molar-refractivity contribution >= 4 is 43.3 Å². The fraction of sp³-hybridized carbons (Fsp3) is 0. The van der Waals surface area contributed by atoms with E-state index in [2.05, 4.69) is 31.9 Å². The van der Waals surface area contributed by atoms with E-state index >= 15 is 0 Å². The molecule has 2 aromatic rings. The van der Waals surface area contributed by atoms with Crippen LogP contribution in [0.1, 0.15) is 15.9 Å². The second kappa shape index (κ2) is 5.20. The van der Waals surface area contributed by atoms with Crippen molar-refractivity contribution in [1.29, 1.82) is 0 Å². The first-order valence-corrected chi connectivity index (χ1v) is 6.63. The molecule has 0 atom stereocenters. The predicted octanol–water partition coefficient (Wildman–Crippen LogP) is 4.16. The molecular formula is C13H8Br2FNO. The van der Waals surface area contributed by atoms with Crippen LogP contribution in [0.5, 0.6) is 0 Å². The van der Waals surface area contributed by atoms with E-state index in [1.807, 2.05) is 0 Å². The van der Waals surface area contributed by atoms with Crippen molar-refractivity contribution in [2.24, 2.45) is 0 Å². The molecule has 0 aromatic heterocycles. The molecule has 5 heteroatoms. The van der Waals surface area contributed by atoms with E-state index in [0.29, 0.717) is 15.7 Å². The maximum atomic E-state index is 13.4. The first-order valence-electron chi connectivity index (χ1n) is 5.04. The number of benzene rings is 2. The summed E-state index contributed by atoms with van der Waals surface area (Å²) < 4.78 is 14.1. The largest absolute Gasteiger partial charge is 0.399 e. The second-order valence-corrected chi connectivity index (χ2v) is 5.32. The van der Waals surface area contributed by atoms with Gasteiger partial charge in [-0.15, -0.1) is 0 Å². The summed E-state index contributed by atoms with van der Waals surface area (Å²) in [5, 5.41) is 0. The van der Waals surface area contributed by atoms with E-state index in [1.165, 1.54) is 12.1 Å². The number of nitrogens with two attached hydrogens (primary N) is 1. The van der Waals surface area contributed by atoms with Crippen LogP contribution >= 0.6 is 31.9 Å². The molecule has 2 nitrogen and oxygen atoms in total. The lowest BCUT2D eigenvalue weighted by Gasteiger charge is -2.07. The van der Waals surface area contributed by atoms with Crippen molar-refractivity contribution in [2.45, 2.75) is 0 Å². The Hall–Kier alpha value is -1.20. The maximum absolute atomic E-state index is 13.4. The smallest absolute Gasteiger partial charge is 0.195 e. The van der Waals surface area contributed by atoms with Gasteiger partial charge in [0.1, 0.15) is 5.82 Å². The van der Waals surface area contributed by atoms with Crippen LogP contribution in [0.2, 0.25) is 0 Å². The zero-order valence-corrected chi connectivity index (χ0v) is 12.3. The molecule has 0 radical (unpaired) electrons. The summed E-state index contributed by atoms with van der Waals surface area (Å²) in [6, 6.07) is 9.24. The van der Waals surface area contributed by atoms with Crippen LogP contribution in [0.4, 0.5) is 10.1 Å². The molecule has 0 spiro atoms. The van der Waals surface area contributed by atoms with Crippen molar-refractivity contribution in [3.63, 3.8) is 0 Å². The number of nitrogen functional groups attached to an aromatic ring is 1. The number of halogens is 3. The van der Waals surface area contributed by atoms with Crippen LogP contribution in [-0.4, -0.2) is 5.78 Å². The number of rotatable bonds is 2. The molecule has 0 aliphatic rings. The lowest BCUT2D eigenvalue weighted by atomic mass is 10.0. The molecule has 0 bridgehead atoms. The number of carbonyl (C=O) groups is 1. The highest BCUT2D eigenvalue weighted by molar-refractivity contribution is 9.11. The third kappa shape index (κ3) is 2.47. The quantitative estimate of drug-likeness (QED) is 0.635. The molecule has 18 heavy (non-hydrogen) atoms. The van der Waals surface area contributed by atoms with Crippen LogP contribution in [0.3, 0.4) is 0 Å². The van der Waals surface area contributed by atoms with Crippen molar-refractivity contribution in [1.82, 2.24) is 0 Å². The van der Waals surface area contributed by atoms with E-state index in [4.69, 9.17) is 5.73 Å². The maximum Gasteiger partial charge on any atom is 0.195 e. The van der Waals surface area contributed by atoms with Gasteiger partial charge in [0.25, 0.3) is 0 Å². The molecule has 2 rings (SSSR count). The van der Waals surface area contributed by atoms with E-state index in [-0.39, 0.29) is 15.8 Å². The SMILES string of the molecule is Nc1ccc(C(=O)c2cccc(F)c2Br)c(Br)c1. The molecule has 2 aromatic carbocycles. The second-order valence-electron chi connectivity index (χ2n) is 3.67. The fourth-order valence-electron chi connectivity index (χ4n) is 1.54. The normalized spacial score (nSPS) is 10.4. The zero-order valence-electron chi connectivity index (χ0n) is 9.08. The standard InChI is InChI=1S/C13H8Br2FNO/c14-10-6-7(17)4-5-8(10)13(18)9-2-1-3-11(16)12(9)15/h1-6H,17H2. The molecule has 0 heterocycles. The first-order chi connectivity index (χ1) is 8.50. The highest BCUT2D eigenvalue weighted by Gasteiger charge is 2.17. The summed E-state index contributed by atoms with van der Waals surface area (Å²) in [5.41, 5.74) is 6.88. The third-order valence-electron chi connectivity index (χ3n) is 2.43. The van der Waals surface area contributed by atoms with E-state index in [9.17, 15) is 9.18 Å². The molecule has 0 unspecified atom stereocenters. The summed E-state index contributed by atoms with van der Waals surface area (Å²) in [7, 11) is 0. The fourth-order valence-corrected chi connectivity index (χ4v) is 2.56. The molecule has 0 aliphatic heterocycles. The molecule has 0 saturated carbocycles. The summed E-state index contributed by atoms with van der Waals surface area (Å²) in [6.07, 6.45) is 0. The summed E-state index contributed by atoms with van der Waals surface area (Å²) in [6.45, 7) is 0. The van der Waals surface area contributed by atoms with Gasteiger partial charge < -0.3 is 5.73 Å². The first kappa shape index (κ1) is 13.2. The molecule has 0 saturated heterocycles. The Kier molecular flexibility index (Phi) is 3.82. The third-order valence-corrected chi connectivity index (χ3v) is 3.90. The van der Waals surface area contributed by atoms with Gasteiger partial charge in [-0.25, -0.2) is 4.39 Å². The van der Waals surface area contributed by atoms with Gasteiger partial charge >= 0.3 is 0 Å². The number of hydrogen-bond donors (Lipinski definition) is 1. The van der Waals surface area contributed by atoms with E-state index < -0.39 is 5.82 Å². The topological polar surface area (TPSA) is 43.1 Å².